The van der Waals surface area contributed by atoms with Crippen LogP contribution in [0, 0.1) is 5.82 Å². The second-order valence-electron chi connectivity index (χ2n) is 4.25. The van der Waals surface area contributed by atoms with Crippen molar-refractivity contribution >= 4 is 12.1 Å². The lowest BCUT2D eigenvalue weighted by Crippen LogP contribution is -2.49. The Morgan fingerprint density at radius 2 is 2.00 bits per heavy atom. The number of nitrogens with zero attached hydrogens (tertiary/aromatic N) is 1. The van der Waals surface area contributed by atoms with E-state index in [2.05, 4.69) is 4.74 Å². The molecule has 2 rings (SSSR count). The van der Waals surface area contributed by atoms with Crippen molar-refractivity contribution in [3.05, 3.63) is 35.1 Å². The molecule has 0 N–H and O–H groups in total. The Hall–Kier alpha value is -2.11. The minimum absolute atomic E-state index is 0.125. The molecule has 0 bridgehead atoms. The van der Waals surface area contributed by atoms with Crippen LogP contribution in [0.5, 0.6) is 0 Å². The number of halogens is 1. The highest BCUT2D eigenvalue weighted by molar-refractivity contribution is 5.82. The number of carbonyl (C=O) groups is 2. The summed E-state index contributed by atoms with van der Waals surface area (Å²) < 4.78 is 22.5. The highest BCUT2D eigenvalue weighted by Crippen LogP contribution is 2.25. The molecule has 1 heterocycles. The number of amides is 1. The van der Waals surface area contributed by atoms with Gasteiger partial charge in [0.25, 0.3) is 0 Å². The molecule has 0 aliphatic carbocycles. The van der Waals surface area contributed by atoms with E-state index in [9.17, 15) is 14.0 Å². The van der Waals surface area contributed by atoms with E-state index in [-0.39, 0.29) is 18.8 Å². The largest absolute Gasteiger partial charge is 0.467 e. The van der Waals surface area contributed by atoms with Crippen LogP contribution >= 0.6 is 0 Å². The summed E-state index contributed by atoms with van der Waals surface area (Å²) in [6.45, 7) is 0.125. The number of rotatable bonds is 1. The van der Waals surface area contributed by atoms with E-state index >= 15 is 0 Å². The Balaban J connectivity index is 2.36. The summed E-state index contributed by atoms with van der Waals surface area (Å²) >= 11 is 0. The molecule has 0 aromatic heterocycles. The maximum Gasteiger partial charge on any atom is 0.410 e. The third kappa shape index (κ3) is 2.52. The van der Waals surface area contributed by atoms with Crippen LogP contribution in [0.25, 0.3) is 0 Å². The van der Waals surface area contributed by atoms with E-state index in [1.807, 2.05) is 0 Å². The molecule has 0 spiro atoms. The van der Waals surface area contributed by atoms with E-state index in [0.717, 1.165) is 5.56 Å². The van der Waals surface area contributed by atoms with Gasteiger partial charge in [-0.3, -0.25) is 4.90 Å². The van der Waals surface area contributed by atoms with Gasteiger partial charge in [-0.1, -0.05) is 6.07 Å². The molecule has 0 fully saturated rings. The summed E-state index contributed by atoms with van der Waals surface area (Å²) in [5.41, 5.74) is 1.50. The first-order valence-corrected chi connectivity index (χ1v) is 5.76. The van der Waals surface area contributed by atoms with Gasteiger partial charge < -0.3 is 9.47 Å². The summed E-state index contributed by atoms with van der Waals surface area (Å²) in [6.07, 6.45) is -0.345. The van der Waals surface area contributed by atoms with Gasteiger partial charge in [-0.2, -0.15) is 0 Å². The highest BCUT2D eigenvalue weighted by Gasteiger charge is 2.36. The van der Waals surface area contributed by atoms with Crippen LogP contribution < -0.4 is 0 Å². The average molecular weight is 267 g/mol. The van der Waals surface area contributed by atoms with E-state index in [1.165, 1.54) is 31.3 Å². The van der Waals surface area contributed by atoms with Crippen molar-refractivity contribution in [1.82, 2.24) is 4.90 Å². The van der Waals surface area contributed by atoms with E-state index in [4.69, 9.17) is 4.74 Å². The summed E-state index contributed by atoms with van der Waals surface area (Å²) in [5, 5.41) is 0. The van der Waals surface area contributed by atoms with Crippen molar-refractivity contribution in [2.75, 3.05) is 14.2 Å². The third-order valence-corrected chi connectivity index (χ3v) is 3.18. The first kappa shape index (κ1) is 13.3. The van der Waals surface area contributed by atoms with Crippen molar-refractivity contribution in [2.24, 2.45) is 0 Å². The number of hydrogen-bond acceptors (Lipinski definition) is 4. The fourth-order valence-electron chi connectivity index (χ4n) is 2.21. The first-order chi connectivity index (χ1) is 9.06. The van der Waals surface area contributed by atoms with Gasteiger partial charge in [-0.15, -0.1) is 0 Å². The van der Waals surface area contributed by atoms with Crippen molar-refractivity contribution in [3.63, 3.8) is 0 Å². The number of esters is 1. The Bertz CT molecular complexity index is 517. The van der Waals surface area contributed by atoms with Gasteiger partial charge in [0, 0.05) is 6.42 Å². The molecule has 0 radical (unpaired) electrons. The molecule has 0 saturated heterocycles. The van der Waals surface area contributed by atoms with Crippen LogP contribution in [-0.2, 0) is 27.2 Å². The summed E-state index contributed by atoms with van der Waals surface area (Å²) in [4.78, 5) is 24.7. The maximum absolute atomic E-state index is 13.2. The second-order valence-corrected chi connectivity index (χ2v) is 4.25. The molecule has 6 heteroatoms. The Labute approximate surface area is 109 Å². The number of benzene rings is 1. The van der Waals surface area contributed by atoms with Crippen LogP contribution in [-0.4, -0.2) is 37.2 Å². The number of fused-ring (bicyclic) bond motifs is 1. The zero-order valence-electron chi connectivity index (χ0n) is 10.7. The minimum Gasteiger partial charge on any atom is -0.467 e. The maximum atomic E-state index is 13.2. The standard InChI is InChI=1S/C13H14FNO4/c1-18-12(16)11-6-8-3-4-10(14)5-9(8)7-15(11)13(17)19-2/h3-5,11H,6-7H2,1-2H3/t11-/m0/s1. The molecule has 1 aliphatic heterocycles. The lowest BCUT2D eigenvalue weighted by molar-refractivity contribution is -0.146. The molecule has 0 unspecified atom stereocenters. The molecule has 1 aromatic carbocycles. The topological polar surface area (TPSA) is 55.8 Å². The van der Waals surface area contributed by atoms with Gasteiger partial charge in [-0.25, -0.2) is 14.0 Å². The average Bonchev–Trinajstić information content (AvgIpc) is 2.44. The van der Waals surface area contributed by atoms with Crippen LogP contribution in [0.1, 0.15) is 11.1 Å². The Morgan fingerprint density at radius 1 is 1.26 bits per heavy atom. The van der Waals surface area contributed by atoms with Crippen molar-refractivity contribution in [2.45, 2.75) is 19.0 Å². The molecule has 0 saturated carbocycles. The van der Waals surface area contributed by atoms with Gasteiger partial charge in [-0.05, 0) is 23.3 Å². The fraction of sp³-hybridized carbons (Fsp3) is 0.385. The zero-order valence-corrected chi connectivity index (χ0v) is 10.7. The quantitative estimate of drug-likeness (QED) is 0.723. The smallest absolute Gasteiger partial charge is 0.410 e. The summed E-state index contributed by atoms with van der Waals surface area (Å²) in [5.74, 6) is -0.888. The van der Waals surface area contributed by atoms with Crippen molar-refractivity contribution in [3.8, 4) is 0 Å². The molecule has 1 aromatic rings. The van der Waals surface area contributed by atoms with Gasteiger partial charge in [0.1, 0.15) is 11.9 Å². The Kier molecular flexibility index (Phi) is 3.69. The van der Waals surface area contributed by atoms with Crippen LogP contribution in [0.4, 0.5) is 9.18 Å². The molecule has 5 nitrogen and oxygen atoms in total. The summed E-state index contributed by atoms with van der Waals surface area (Å²) in [7, 11) is 2.50. The van der Waals surface area contributed by atoms with Gasteiger partial charge >= 0.3 is 12.1 Å². The lowest BCUT2D eigenvalue weighted by Gasteiger charge is -2.33. The van der Waals surface area contributed by atoms with Gasteiger partial charge in [0.15, 0.2) is 0 Å². The van der Waals surface area contributed by atoms with Crippen molar-refractivity contribution in [1.29, 1.82) is 0 Å². The molecular formula is C13H14FNO4. The number of hydrogen-bond donors (Lipinski definition) is 0. The molecule has 1 amide bonds. The molecule has 19 heavy (non-hydrogen) atoms. The highest BCUT2D eigenvalue weighted by atomic mass is 19.1. The minimum atomic E-state index is -0.740. The number of carbonyl (C=O) groups excluding carboxylic acids is 2. The summed E-state index contributed by atoms with van der Waals surface area (Å²) in [6, 6.07) is 3.57. The SMILES string of the molecule is COC(=O)[C@@H]1Cc2ccc(F)cc2CN1C(=O)OC. The monoisotopic (exact) mass is 267 g/mol. The normalized spacial score (nSPS) is 17.6. The molecule has 1 atom stereocenters. The van der Waals surface area contributed by atoms with Crippen LogP contribution in [0.2, 0.25) is 0 Å². The molecule has 1 aliphatic rings. The van der Waals surface area contributed by atoms with E-state index in [0.29, 0.717) is 5.56 Å². The van der Waals surface area contributed by atoms with E-state index in [1.54, 1.807) is 6.07 Å². The van der Waals surface area contributed by atoms with Gasteiger partial charge in [0.2, 0.25) is 0 Å². The van der Waals surface area contributed by atoms with Crippen LogP contribution in [0.3, 0.4) is 0 Å². The third-order valence-electron chi connectivity index (χ3n) is 3.18. The predicted molar refractivity (Wildman–Crippen MR) is 63.9 cm³/mol. The lowest BCUT2D eigenvalue weighted by atomic mass is 9.94. The van der Waals surface area contributed by atoms with Crippen LogP contribution in [0.15, 0.2) is 18.2 Å². The Morgan fingerprint density at radius 3 is 2.63 bits per heavy atom. The predicted octanol–water partition coefficient (Wildman–Crippen LogP) is 1.49. The fourth-order valence-corrected chi connectivity index (χ4v) is 2.21. The first-order valence-electron chi connectivity index (χ1n) is 5.76. The molecule has 102 valence electrons. The van der Waals surface area contributed by atoms with E-state index < -0.39 is 18.1 Å². The zero-order chi connectivity index (χ0) is 14.0. The van der Waals surface area contributed by atoms with Gasteiger partial charge in [0.05, 0.1) is 20.8 Å². The van der Waals surface area contributed by atoms with Crippen molar-refractivity contribution < 1.29 is 23.5 Å². The number of ether oxygens (including phenoxy) is 2. The second kappa shape index (κ2) is 5.26. The number of methoxy groups -OCH3 is 2. The molecular weight excluding hydrogens is 253 g/mol.